The number of ketones is 1. The fourth-order valence-corrected chi connectivity index (χ4v) is 3.27. The third-order valence-electron chi connectivity index (χ3n) is 3.62. The Labute approximate surface area is 130 Å². The number of pyridine rings is 1. The molecule has 0 amide bonds. The lowest BCUT2D eigenvalue weighted by atomic mass is 9.92. The maximum atomic E-state index is 12.0. The number of hydrogen-bond donors (Lipinski definition) is 0. The van der Waals surface area contributed by atoms with Crippen LogP contribution in [-0.4, -0.2) is 35.0 Å². The van der Waals surface area contributed by atoms with Crippen molar-refractivity contribution >= 4 is 17.5 Å². The number of thioether (sulfide) groups is 1. The lowest BCUT2D eigenvalue weighted by Crippen LogP contribution is -2.27. The molecule has 0 radical (unpaired) electrons. The van der Waals surface area contributed by atoms with E-state index in [9.17, 15) is 10.1 Å². The largest absolute Gasteiger partial charge is 0.302 e. The van der Waals surface area contributed by atoms with Gasteiger partial charge in [-0.1, -0.05) is 32.5 Å². The van der Waals surface area contributed by atoms with Crippen LogP contribution in [0.2, 0.25) is 0 Å². The third-order valence-corrected chi connectivity index (χ3v) is 4.61. The SMILES string of the molecule is CN1CCc2nc(SCC(=O)C(C)(C)C)c(C#N)cc2C1. The Hall–Kier alpha value is -1.38. The molecule has 2 heterocycles. The van der Waals surface area contributed by atoms with Gasteiger partial charge in [-0.3, -0.25) is 4.79 Å². The van der Waals surface area contributed by atoms with E-state index in [-0.39, 0.29) is 11.2 Å². The highest BCUT2D eigenvalue weighted by Crippen LogP contribution is 2.27. The highest BCUT2D eigenvalue weighted by atomic mass is 32.2. The summed E-state index contributed by atoms with van der Waals surface area (Å²) in [6.07, 6.45) is 0.901. The van der Waals surface area contributed by atoms with E-state index < -0.39 is 0 Å². The van der Waals surface area contributed by atoms with Crippen LogP contribution in [0, 0.1) is 16.7 Å². The number of carbonyl (C=O) groups excluding carboxylic acids is 1. The van der Waals surface area contributed by atoms with Crippen molar-refractivity contribution in [2.24, 2.45) is 5.41 Å². The summed E-state index contributed by atoms with van der Waals surface area (Å²) >= 11 is 1.38. The number of aromatic nitrogens is 1. The van der Waals surface area contributed by atoms with E-state index in [2.05, 4.69) is 23.0 Å². The molecule has 0 saturated carbocycles. The molecule has 0 fully saturated rings. The van der Waals surface area contributed by atoms with Gasteiger partial charge in [0.25, 0.3) is 0 Å². The molecule has 1 aliphatic heterocycles. The number of rotatable bonds is 3. The fraction of sp³-hybridized carbons (Fsp3) is 0.562. The van der Waals surface area contributed by atoms with Gasteiger partial charge in [-0.15, -0.1) is 0 Å². The van der Waals surface area contributed by atoms with Gasteiger partial charge in [-0.2, -0.15) is 5.26 Å². The number of fused-ring (bicyclic) bond motifs is 1. The van der Waals surface area contributed by atoms with Crippen molar-refractivity contribution in [2.45, 2.75) is 38.8 Å². The van der Waals surface area contributed by atoms with Crippen LogP contribution in [-0.2, 0) is 17.8 Å². The van der Waals surface area contributed by atoms with Crippen molar-refractivity contribution in [1.82, 2.24) is 9.88 Å². The van der Waals surface area contributed by atoms with Gasteiger partial charge < -0.3 is 4.90 Å². The highest BCUT2D eigenvalue weighted by molar-refractivity contribution is 8.00. The van der Waals surface area contributed by atoms with E-state index in [0.29, 0.717) is 16.3 Å². The van der Waals surface area contributed by atoms with Crippen molar-refractivity contribution in [2.75, 3.05) is 19.3 Å². The van der Waals surface area contributed by atoms with Crippen LogP contribution >= 0.6 is 11.8 Å². The Morgan fingerprint density at radius 1 is 1.52 bits per heavy atom. The Morgan fingerprint density at radius 2 is 2.24 bits per heavy atom. The minimum absolute atomic E-state index is 0.177. The third kappa shape index (κ3) is 3.84. The molecule has 0 unspecified atom stereocenters. The minimum atomic E-state index is -0.350. The molecule has 1 aliphatic rings. The lowest BCUT2D eigenvalue weighted by molar-refractivity contribution is -0.123. The zero-order chi connectivity index (χ0) is 15.6. The summed E-state index contributed by atoms with van der Waals surface area (Å²) in [7, 11) is 2.07. The number of likely N-dealkylation sites (N-methyl/N-ethyl adjacent to an activating group) is 1. The van der Waals surface area contributed by atoms with Crippen molar-refractivity contribution in [3.05, 3.63) is 22.9 Å². The first-order valence-corrected chi connectivity index (χ1v) is 8.07. The average Bonchev–Trinajstić information content (AvgIpc) is 2.42. The second kappa shape index (κ2) is 6.17. The summed E-state index contributed by atoms with van der Waals surface area (Å²) in [5.74, 6) is 0.541. The van der Waals surface area contributed by atoms with Crippen LogP contribution in [0.1, 0.15) is 37.6 Å². The first-order valence-electron chi connectivity index (χ1n) is 7.09. The molecular formula is C16H21N3OS. The number of carbonyl (C=O) groups is 1. The summed E-state index contributed by atoms with van der Waals surface area (Å²) in [6.45, 7) is 7.56. The van der Waals surface area contributed by atoms with Crippen LogP contribution in [0.3, 0.4) is 0 Å². The summed E-state index contributed by atoms with van der Waals surface area (Å²) < 4.78 is 0. The summed E-state index contributed by atoms with van der Waals surface area (Å²) in [4.78, 5) is 18.9. The molecule has 112 valence electrons. The molecule has 5 heteroatoms. The Kier molecular flexibility index (Phi) is 4.70. The van der Waals surface area contributed by atoms with Crippen molar-refractivity contribution in [3.63, 3.8) is 0 Å². The molecule has 1 aromatic heterocycles. The highest BCUT2D eigenvalue weighted by Gasteiger charge is 2.23. The van der Waals surface area contributed by atoms with Gasteiger partial charge in [0, 0.05) is 30.6 Å². The molecule has 2 rings (SSSR count). The normalized spacial score (nSPS) is 15.4. The standard InChI is InChI=1S/C16H21N3OS/c1-16(2,3)14(20)10-21-15-11(8-17)7-12-9-19(4)6-5-13(12)18-15/h7H,5-6,9-10H2,1-4H3. The lowest BCUT2D eigenvalue weighted by Gasteiger charge is -2.25. The van der Waals surface area contributed by atoms with E-state index in [1.165, 1.54) is 11.8 Å². The smallest absolute Gasteiger partial charge is 0.148 e. The second-order valence-electron chi connectivity index (χ2n) is 6.51. The van der Waals surface area contributed by atoms with E-state index >= 15 is 0 Å². The quantitative estimate of drug-likeness (QED) is 0.804. The fourth-order valence-electron chi connectivity index (χ4n) is 2.13. The molecule has 0 N–H and O–H groups in total. The molecule has 0 spiro atoms. The van der Waals surface area contributed by atoms with Crippen molar-refractivity contribution in [1.29, 1.82) is 5.26 Å². The van der Waals surface area contributed by atoms with Crippen LogP contribution in [0.15, 0.2) is 11.1 Å². The van der Waals surface area contributed by atoms with Crippen LogP contribution in [0.4, 0.5) is 0 Å². The van der Waals surface area contributed by atoms with Crippen molar-refractivity contribution in [3.8, 4) is 6.07 Å². The molecule has 0 aromatic carbocycles. The second-order valence-corrected chi connectivity index (χ2v) is 7.47. The minimum Gasteiger partial charge on any atom is -0.302 e. The first kappa shape index (κ1) is 16.0. The Balaban J connectivity index is 2.20. The maximum absolute atomic E-state index is 12.0. The molecule has 0 aliphatic carbocycles. The van der Waals surface area contributed by atoms with Gasteiger partial charge in [0.05, 0.1) is 11.3 Å². The monoisotopic (exact) mass is 303 g/mol. The van der Waals surface area contributed by atoms with E-state index in [1.807, 2.05) is 26.8 Å². The molecule has 1 aromatic rings. The Bertz CT molecular complexity index is 599. The summed E-state index contributed by atoms with van der Waals surface area (Å²) in [6, 6.07) is 4.14. The molecule has 0 atom stereocenters. The van der Waals surface area contributed by atoms with Crippen LogP contribution in [0.25, 0.3) is 0 Å². The van der Waals surface area contributed by atoms with Gasteiger partial charge in [0.2, 0.25) is 0 Å². The average molecular weight is 303 g/mol. The van der Waals surface area contributed by atoms with Gasteiger partial charge >= 0.3 is 0 Å². The zero-order valence-corrected chi connectivity index (χ0v) is 13.9. The van der Waals surface area contributed by atoms with Crippen LogP contribution in [0.5, 0.6) is 0 Å². The van der Waals surface area contributed by atoms with Gasteiger partial charge in [-0.25, -0.2) is 4.98 Å². The zero-order valence-electron chi connectivity index (χ0n) is 13.1. The molecule has 4 nitrogen and oxygen atoms in total. The van der Waals surface area contributed by atoms with Gasteiger partial charge in [-0.05, 0) is 18.7 Å². The van der Waals surface area contributed by atoms with Crippen LogP contribution < -0.4 is 0 Å². The number of Topliss-reactive ketones (excluding diaryl/α,β-unsaturated/α-hetero) is 1. The van der Waals surface area contributed by atoms with Crippen molar-refractivity contribution < 1.29 is 4.79 Å². The topological polar surface area (TPSA) is 57.0 Å². The molecule has 0 saturated heterocycles. The number of nitrogens with zero attached hydrogens (tertiary/aromatic N) is 3. The predicted octanol–water partition coefficient (Wildman–Crippen LogP) is 2.65. The van der Waals surface area contributed by atoms with Gasteiger partial charge in [0.1, 0.15) is 16.9 Å². The van der Waals surface area contributed by atoms with E-state index in [1.54, 1.807) is 0 Å². The number of hydrogen-bond acceptors (Lipinski definition) is 5. The van der Waals surface area contributed by atoms with E-state index in [0.717, 1.165) is 30.8 Å². The molecule has 0 bridgehead atoms. The number of nitriles is 1. The molecule has 21 heavy (non-hydrogen) atoms. The summed E-state index contributed by atoms with van der Waals surface area (Å²) in [5, 5.41) is 10.0. The first-order chi connectivity index (χ1) is 9.81. The van der Waals surface area contributed by atoms with E-state index in [4.69, 9.17) is 0 Å². The predicted molar refractivity (Wildman–Crippen MR) is 84.2 cm³/mol. The maximum Gasteiger partial charge on any atom is 0.148 e. The summed E-state index contributed by atoms with van der Waals surface area (Å²) in [5.41, 5.74) is 2.43. The molecular weight excluding hydrogens is 282 g/mol. The Morgan fingerprint density at radius 3 is 2.86 bits per heavy atom. The van der Waals surface area contributed by atoms with Gasteiger partial charge in [0.15, 0.2) is 0 Å².